The molecule has 15 heavy (non-hydrogen) atoms. The highest BCUT2D eigenvalue weighted by atomic mass is 16.5. The zero-order chi connectivity index (χ0) is 10.9. The van der Waals surface area contributed by atoms with Gasteiger partial charge < -0.3 is 10.5 Å². The van der Waals surface area contributed by atoms with E-state index in [1.54, 1.807) is 10.9 Å². The van der Waals surface area contributed by atoms with Crippen LogP contribution in [-0.4, -0.2) is 22.9 Å². The van der Waals surface area contributed by atoms with Crippen LogP contribution in [0.3, 0.4) is 0 Å². The standard InChI is InChI=1S/C10H15N3O2/c1-15-9(14)2-5-13-7-8(6-12-13)10(11)3-4-10/h6-7H,2-5,11H2,1H3. The molecule has 1 heterocycles. The Morgan fingerprint density at radius 1 is 1.73 bits per heavy atom. The molecule has 2 N–H and O–H groups in total. The number of nitrogens with zero attached hydrogens (tertiary/aromatic N) is 2. The number of nitrogens with two attached hydrogens (primary N) is 1. The maximum Gasteiger partial charge on any atom is 0.307 e. The molecule has 0 saturated heterocycles. The number of rotatable bonds is 4. The number of carbonyl (C=O) groups excluding carboxylic acids is 1. The minimum absolute atomic E-state index is 0.149. The van der Waals surface area contributed by atoms with Crippen LogP contribution < -0.4 is 5.73 Å². The maximum atomic E-state index is 10.9. The predicted octanol–water partition coefficient (Wildman–Crippen LogP) is 0.394. The number of esters is 1. The van der Waals surface area contributed by atoms with Crippen molar-refractivity contribution < 1.29 is 9.53 Å². The van der Waals surface area contributed by atoms with Crippen molar-refractivity contribution >= 4 is 5.97 Å². The predicted molar refractivity (Wildman–Crippen MR) is 54.0 cm³/mol. The summed E-state index contributed by atoms with van der Waals surface area (Å²) in [6, 6.07) is 0. The topological polar surface area (TPSA) is 70.1 Å². The second-order valence-corrected chi connectivity index (χ2v) is 3.97. The van der Waals surface area contributed by atoms with Crippen LogP contribution in [0, 0.1) is 0 Å². The molecule has 5 heteroatoms. The van der Waals surface area contributed by atoms with Crippen molar-refractivity contribution in [3.05, 3.63) is 18.0 Å². The fourth-order valence-electron chi connectivity index (χ4n) is 1.47. The Morgan fingerprint density at radius 2 is 2.47 bits per heavy atom. The molecule has 0 aromatic carbocycles. The molecule has 0 atom stereocenters. The quantitative estimate of drug-likeness (QED) is 0.728. The third kappa shape index (κ3) is 2.18. The normalized spacial score (nSPS) is 17.5. The average molecular weight is 209 g/mol. The van der Waals surface area contributed by atoms with Crippen molar-refractivity contribution in [3.63, 3.8) is 0 Å². The van der Waals surface area contributed by atoms with Crippen LogP contribution in [-0.2, 0) is 21.6 Å². The Labute approximate surface area is 88.2 Å². The van der Waals surface area contributed by atoms with Crippen LogP contribution in [0.15, 0.2) is 12.4 Å². The van der Waals surface area contributed by atoms with E-state index in [0.29, 0.717) is 13.0 Å². The SMILES string of the molecule is COC(=O)CCn1cc(C2(N)CC2)cn1. The molecule has 0 spiro atoms. The van der Waals surface area contributed by atoms with Gasteiger partial charge >= 0.3 is 5.97 Å². The summed E-state index contributed by atoms with van der Waals surface area (Å²) in [5.41, 5.74) is 6.93. The van der Waals surface area contributed by atoms with E-state index in [1.165, 1.54) is 7.11 Å². The number of hydrogen-bond donors (Lipinski definition) is 1. The van der Waals surface area contributed by atoms with E-state index in [-0.39, 0.29) is 11.5 Å². The number of aryl methyl sites for hydroxylation is 1. The number of ether oxygens (including phenoxy) is 1. The summed E-state index contributed by atoms with van der Waals surface area (Å²) in [6.45, 7) is 0.544. The van der Waals surface area contributed by atoms with Crippen LogP contribution in [0.25, 0.3) is 0 Å². The molecule has 1 aliphatic carbocycles. The molecule has 0 amide bonds. The van der Waals surface area contributed by atoms with Crippen molar-refractivity contribution in [2.24, 2.45) is 5.73 Å². The van der Waals surface area contributed by atoms with Crippen molar-refractivity contribution in [2.75, 3.05) is 7.11 Å². The van der Waals surface area contributed by atoms with Crippen LogP contribution in [0.4, 0.5) is 0 Å². The van der Waals surface area contributed by atoms with E-state index in [4.69, 9.17) is 5.73 Å². The molecule has 1 fully saturated rings. The van der Waals surface area contributed by atoms with Gasteiger partial charge in [0, 0.05) is 17.3 Å². The van der Waals surface area contributed by atoms with Crippen molar-refractivity contribution in [1.82, 2.24) is 9.78 Å². The number of methoxy groups -OCH3 is 1. The van der Waals surface area contributed by atoms with Gasteiger partial charge in [0.15, 0.2) is 0 Å². The molecule has 0 radical (unpaired) electrons. The summed E-state index contributed by atoms with van der Waals surface area (Å²) in [6.07, 6.45) is 6.08. The fourth-order valence-corrected chi connectivity index (χ4v) is 1.47. The first kappa shape index (κ1) is 10.2. The van der Waals surface area contributed by atoms with Gasteiger partial charge in [-0.3, -0.25) is 9.48 Å². The summed E-state index contributed by atoms with van der Waals surface area (Å²) in [4.78, 5) is 10.9. The summed E-state index contributed by atoms with van der Waals surface area (Å²) in [5, 5.41) is 4.16. The smallest absolute Gasteiger partial charge is 0.307 e. The van der Waals surface area contributed by atoms with Gasteiger partial charge in [-0.05, 0) is 12.8 Å². The first-order valence-corrected chi connectivity index (χ1v) is 5.03. The molecule has 0 bridgehead atoms. The summed E-state index contributed by atoms with van der Waals surface area (Å²) >= 11 is 0. The van der Waals surface area contributed by atoms with Gasteiger partial charge in [-0.2, -0.15) is 5.10 Å². The lowest BCUT2D eigenvalue weighted by Crippen LogP contribution is -2.17. The lowest BCUT2D eigenvalue weighted by Gasteiger charge is -2.03. The molecular weight excluding hydrogens is 194 g/mol. The van der Waals surface area contributed by atoms with Crippen LogP contribution in [0.5, 0.6) is 0 Å². The first-order valence-electron chi connectivity index (χ1n) is 5.03. The van der Waals surface area contributed by atoms with Gasteiger partial charge in [0.1, 0.15) is 0 Å². The van der Waals surface area contributed by atoms with Crippen molar-refractivity contribution in [2.45, 2.75) is 31.3 Å². The first-order chi connectivity index (χ1) is 7.14. The molecule has 1 aromatic heterocycles. The fraction of sp³-hybridized carbons (Fsp3) is 0.600. The molecule has 1 saturated carbocycles. The molecule has 82 valence electrons. The minimum Gasteiger partial charge on any atom is -0.469 e. The Balaban J connectivity index is 1.93. The Bertz CT molecular complexity index is 368. The minimum atomic E-state index is -0.221. The second-order valence-electron chi connectivity index (χ2n) is 3.97. The number of hydrogen-bond acceptors (Lipinski definition) is 4. The second kappa shape index (κ2) is 3.66. The zero-order valence-electron chi connectivity index (χ0n) is 8.77. The van der Waals surface area contributed by atoms with E-state index >= 15 is 0 Å². The molecule has 0 unspecified atom stereocenters. The van der Waals surface area contributed by atoms with Gasteiger partial charge in [-0.25, -0.2) is 0 Å². The van der Waals surface area contributed by atoms with Crippen molar-refractivity contribution in [3.8, 4) is 0 Å². The lowest BCUT2D eigenvalue weighted by molar-refractivity contribution is -0.140. The van der Waals surface area contributed by atoms with Gasteiger partial charge in [0.2, 0.25) is 0 Å². The van der Waals surface area contributed by atoms with E-state index in [9.17, 15) is 4.79 Å². The molecule has 5 nitrogen and oxygen atoms in total. The molecule has 2 rings (SSSR count). The zero-order valence-corrected chi connectivity index (χ0v) is 8.77. The van der Waals surface area contributed by atoms with E-state index in [2.05, 4.69) is 9.84 Å². The van der Waals surface area contributed by atoms with Gasteiger partial charge in [-0.1, -0.05) is 0 Å². The Kier molecular flexibility index (Phi) is 2.48. The Morgan fingerprint density at radius 3 is 3.07 bits per heavy atom. The van der Waals surface area contributed by atoms with Gasteiger partial charge in [0.25, 0.3) is 0 Å². The van der Waals surface area contributed by atoms with Gasteiger partial charge in [0.05, 0.1) is 26.3 Å². The third-order valence-electron chi connectivity index (χ3n) is 2.77. The highest BCUT2D eigenvalue weighted by Crippen LogP contribution is 2.42. The Hall–Kier alpha value is -1.36. The van der Waals surface area contributed by atoms with Crippen LogP contribution in [0.2, 0.25) is 0 Å². The molecular formula is C10H15N3O2. The van der Waals surface area contributed by atoms with Crippen LogP contribution in [0.1, 0.15) is 24.8 Å². The van der Waals surface area contributed by atoms with E-state index in [0.717, 1.165) is 18.4 Å². The lowest BCUT2D eigenvalue weighted by atomic mass is 10.1. The number of aromatic nitrogens is 2. The van der Waals surface area contributed by atoms with E-state index < -0.39 is 0 Å². The largest absolute Gasteiger partial charge is 0.469 e. The third-order valence-corrected chi connectivity index (χ3v) is 2.77. The van der Waals surface area contributed by atoms with Crippen molar-refractivity contribution in [1.29, 1.82) is 0 Å². The number of carbonyl (C=O) groups is 1. The maximum absolute atomic E-state index is 10.9. The molecule has 1 aromatic rings. The van der Waals surface area contributed by atoms with Gasteiger partial charge in [-0.15, -0.1) is 0 Å². The highest BCUT2D eigenvalue weighted by molar-refractivity contribution is 5.68. The highest BCUT2D eigenvalue weighted by Gasteiger charge is 2.40. The molecule has 0 aliphatic heterocycles. The molecule has 1 aliphatic rings. The van der Waals surface area contributed by atoms with E-state index in [1.807, 2.05) is 6.20 Å². The average Bonchev–Trinajstić information content (AvgIpc) is 2.82. The van der Waals surface area contributed by atoms with Crippen LogP contribution >= 0.6 is 0 Å². The monoisotopic (exact) mass is 209 g/mol. The summed E-state index contributed by atoms with van der Waals surface area (Å²) in [7, 11) is 1.38. The summed E-state index contributed by atoms with van der Waals surface area (Å²) < 4.78 is 6.29. The summed E-state index contributed by atoms with van der Waals surface area (Å²) in [5.74, 6) is -0.221.